The maximum atomic E-state index is 12.7. The minimum absolute atomic E-state index is 0.125. The van der Waals surface area contributed by atoms with Gasteiger partial charge in [-0.1, -0.05) is 13.0 Å². The standard InChI is InChI=1S/C16H20N2O3/c1-11-5-4-10-18(12(11)2)16(21)15-13(6-3-9-17-15)7-8-14(19)20/h3,6-9,11-12H,4-5,10H2,1-2H3,(H,19,20)/b8-7+. The Morgan fingerprint density at radius 2 is 2.19 bits per heavy atom. The lowest BCUT2D eigenvalue weighted by atomic mass is 9.91. The number of carboxylic acid groups (broad SMARTS) is 1. The first kappa shape index (κ1) is 15.2. The molecule has 1 fully saturated rings. The molecule has 1 aliphatic rings. The van der Waals surface area contributed by atoms with Gasteiger partial charge in [0.25, 0.3) is 5.91 Å². The molecule has 21 heavy (non-hydrogen) atoms. The number of hydrogen-bond donors (Lipinski definition) is 1. The molecule has 2 unspecified atom stereocenters. The largest absolute Gasteiger partial charge is 0.478 e. The molecule has 1 amide bonds. The number of carbonyl (C=O) groups is 2. The van der Waals surface area contributed by atoms with Crippen LogP contribution in [0.3, 0.4) is 0 Å². The highest BCUT2D eigenvalue weighted by atomic mass is 16.4. The zero-order chi connectivity index (χ0) is 15.4. The fourth-order valence-electron chi connectivity index (χ4n) is 2.65. The van der Waals surface area contributed by atoms with Crippen molar-refractivity contribution in [2.24, 2.45) is 5.92 Å². The van der Waals surface area contributed by atoms with Gasteiger partial charge < -0.3 is 10.0 Å². The summed E-state index contributed by atoms with van der Waals surface area (Å²) in [4.78, 5) is 29.3. The summed E-state index contributed by atoms with van der Waals surface area (Å²) in [7, 11) is 0. The van der Waals surface area contributed by atoms with Crippen LogP contribution in [0.1, 0.15) is 42.7 Å². The van der Waals surface area contributed by atoms with E-state index in [1.165, 1.54) is 6.08 Å². The fraction of sp³-hybridized carbons (Fsp3) is 0.438. The Bertz CT molecular complexity index is 568. The van der Waals surface area contributed by atoms with E-state index in [9.17, 15) is 9.59 Å². The van der Waals surface area contributed by atoms with Crippen LogP contribution in [0.4, 0.5) is 0 Å². The first-order chi connectivity index (χ1) is 10.0. The van der Waals surface area contributed by atoms with Crippen LogP contribution in [0.15, 0.2) is 24.4 Å². The van der Waals surface area contributed by atoms with Crippen LogP contribution in [0, 0.1) is 5.92 Å². The van der Waals surface area contributed by atoms with Gasteiger partial charge in [0.05, 0.1) is 0 Å². The van der Waals surface area contributed by atoms with E-state index in [0.29, 0.717) is 17.2 Å². The molecular formula is C16H20N2O3. The van der Waals surface area contributed by atoms with Gasteiger partial charge in [0, 0.05) is 30.4 Å². The second-order valence-electron chi connectivity index (χ2n) is 5.47. The Kier molecular flexibility index (Phi) is 4.73. The van der Waals surface area contributed by atoms with E-state index in [4.69, 9.17) is 5.11 Å². The summed E-state index contributed by atoms with van der Waals surface area (Å²) in [6, 6.07) is 3.57. The van der Waals surface area contributed by atoms with Gasteiger partial charge in [0.15, 0.2) is 0 Å². The number of aliphatic carboxylic acids is 1. The third kappa shape index (κ3) is 3.48. The van der Waals surface area contributed by atoms with Gasteiger partial charge in [-0.2, -0.15) is 0 Å². The summed E-state index contributed by atoms with van der Waals surface area (Å²) in [5, 5.41) is 8.73. The molecule has 5 heteroatoms. The third-order valence-corrected chi connectivity index (χ3v) is 4.08. The second kappa shape index (κ2) is 6.52. The van der Waals surface area contributed by atoms with Crippen molar-refractivity contribution >= 4 is 18.0 Å². The minimum atomic E-state index is -1.04. The first-order valence-electron chi connectivity index (χ1n) is 7.17. The Labute approximate surface area is 124 Å². The van der Waals surface area contributed by atoms with Crippen LogP contribution in [-0.2, 0) is 4.79 Å². The van der Waals surface area contributed by atoms with Crippen LogP contribution >= 0.6 is 0 Å². The Morgan fingerprint density at radius 3 is 2.90 bits per heavy atom. The highest BCUT2D eigenvalue weighted by molar-refractivity contribution is 5.97. The quantitative estimate of drug-likeness (QED) is 0.867. The lowest BCUT2D eigenvalue weighted by molar-refractivity contribution is -0.131. The van der Waals surface area contributed by atoms with E-state index < -0.39 is 5.97 Å². The first-order valence-corrected chi connectivity index (χ1v) is 7.17. The van der Waals surface area contributed by atoms with Crippen molar-refractivity contribution in [1.82, 2.24) is 9.88 Å². The molecule has 112 valence electrons. The number of hydrogen-bond acceptors (Lipinski definition) is 3. The molecule has 2 heterocycles. The summed E-state index contributed by atoms with van der Waals surface area (Å²) in [5.74, 6) is -0.707. The van der Waals surface area contributed by atoms with Gasteiger partial charge in [-0.25, -0.2) is 4.79 Å². The van der Waals surface area contributed by atoms with E-state index >= 15 is 0 Å². The topological polar surface area (TPSA) is 70.5 Å². The van der Waals surface area contributed by atoms with Crippen LogP contribution < -0.4 is 0 Å². The monoisotopic (exact) mass is 288 g/mol. The molecular weight excluding hydrogens is 268 g/mol. The van der Waals surface area contributed by atoms with Crippen molar-refractivity contribution in [1.29, 1.82) is 0 Å². The molecule has 1 aliphatic heterocycles. The van der Waals surface area contributed by atoms with Crippen molar-refractivity contribution in [2.45, 2.75) is 32.7 Å². The molecule has 0 aliphatic carbocycles. The molecule has 0 spiro atoms. The number of carboxylic acids is 1. The second-order valence-corrected chi connectivity index (χ2v) is 5.47. The number of amides is 1. The molecule has 2 atom stereocenters. The third-order valence-electron chi connectivity index (χ3n) is 4.08. The Hall–Kier alpha value is -2.17. The average Bonchev–Trinajstić information content (AvgIpc) is 2.47. The van der Waals surface area contributed by atoms with Crippen molar-refractivity contribution in [3.63, 3.8) is 0 Å². The highest BCUT2D eigenvalue weighted by Gasteiger charge is 2.30. The molecule has 1 saturated heterocycles. The number of piperidine rings is 1. The maximum Gasteiger partial charge on any atom is 0.328 e. The molecule has 0 bridgehead atoms. The molecule has 5 nitrogen and oxygen atoms in total. The summed E-state index contributed by atoms with van der Waals surface area (Å²) in [6.07, 6.45) is 6.11. The van der Waals surface area contributed by atoms with Crippen LogP contribution in [0.2, 0.25) is 0 Å². The van der Waals surface area contributed by atoms with Crippen LogP contribution in [0.25, 0.3) is 6.08 Å². The number of carbonyl (C=O) groups excluding carboxylic acids is 1. The number of rotatable bonds is 3. The number of likely N-dealkylation sites (tertiary alicyclic amines) is 1. The molecule has 0 aromatic carbocycles. The molecule has 1 N–H and O–H groups in total. The molecule has 1 aromatic rings. The summed E-state index contributed by atoms with van der Waals surface area (Å²) in [6.45, 7) is 4.92. The summed E-state index contributed by atoms with van der Waals surface area (Å²) in [5.41, 5.74) is 0.853. The van der Waals surface area contributed by atoms with E-state index in [2.05, 4.69) is 18.8 Å². The smallest absolute Gasteiger partial charge is 0.328 e. The normalized spacial score (nSPS) is 22.5. The van der Waals surface area contributed by atoms with E-state index in [-0.39, 0.29) is 11.9 Å². The minimum Gasteiger partial charge on any atom is -0.478 e. The number of nitrogens with zero attached hydrogens (tertiary/aromatic N) is 2. The predicted octanol–water partition coefficient (Wildman–Crippen LogP) is 2.44. The van der Waals surface area contributed by atoms with Crippen molar-refractivity contribution in [3.05, 3.63) is 35.7 Å². The summed E-state index contributed by atoms with van der Waals surface area (Å²) >= 11 is 0. The summed E-state index contributed by atoms with van der Waals surface area (Å²) < 4.78 is 0. The van der Waals surface area contributed by atoms with Gasteiger partial charge in [0.2, 0.25) is 0 Å². The number of pyridine rings is 1. The van der Waals surface area contributed by atoms with E-state index in [1.54, 1.807) is 18.3 Å². The average molecular weight is 288 g/mol. The maximum absolute atomic E-state index is 12.7. The zero-order valence-corrected chi connectivity index (χ0v) is 12.3. The predicted molar refractivity (Wildman–Crippen MR) is 79.8 cm³/mol. The van der Waals surface area contributed by atoms with Crippen LogP contribution in [-0.4, -0.2) is 39.5 Å². The van der Waals surface area contributed by atoms with Gasteiger partial charge in [-0.3, -0.25) is 9.78 Å². The van der Waals surface area contributed by atoms with Crippen LogP contribution in [0.5, 0.6) is 0 Å². The molecule has 2 rings (SSSR count). The van der Waals surface area contributed by atoms with Gasteiger partial charge in [-0.15, -0.1) is 0 Å². The van der Waals surface area contributed by atoms with Gasteiger partial charge >= 0.3 is 5.97 Å². The zero-order valence-electron chi connectivity index (χ0n) is 12.3. The molecule has 1 aromatic heterocycles. The van der Waals surface area contributed by atoms with Crippen molar-refractivity contribution < 1.29 is 14.7 Å². The number of aromatic nitrogens is 1. The Morgan fingerprint density at radius 1 is 1.43 bits per heavy atom. The Balaban J connectivity index is 2.28. The van der Waals surface area contributed by atoms with E-state index in [1.807, 2.05) is 4.90 Å². The van der Waals surface area contributed by atoms with Crippen molar-refractivity contribution in [3.8, 4) is 0 Å². The highest BCUT2D eigenvalue weighted by Crippen LogP contribution is 2.25. The lowest BCUT2D eigenvalue weighted by Crippen LogP contribution is -2.46. The van der Waals surface area contributed by atoms with E-state index in [0.717, 1.165) is 25.5 Å². The van der Waals surface area contributed by atoms with Gasteiger partial charge in [-0.05, 0) is 37.8 Å². The molecule has 0 saturated carbocycles. The lowest BCUT2D eigenvalue weighted by Gasteiger charge is -2.37. The molecule has 0 radical (unpaired) electrons. The van der Waals surface area contributed by atoms with Crippen molar-refractivity contribution in [2.75, 3.05) is 6.54 Å². The van der Waals surface area contributed by atoms with Gasteiger partial charge in [0.1, 0.15) is 5.69 Å². The SMILES string of the molecule is CC1CCCN(C(=O)c2ncccc2/C=C/C(=O)O)C1C. The fourth-order valence-corrected chi connectivity index (χ4v) is 2.65.